The number of rotatable bonds is 13. The molecule has 8 rings (SSSR count). The van der Waals surface area contributed by atoms with Gasteiger partial charge in [-0.2, -0.15) is 4.98 Å². The number of unbranched alkanes of at least 4 members (excludes halogenated alkanes) is 2. The predicted molar refractivity (Wildman–Crippen MR) is 219 cm³/mol. The number of nitrogens with one attached hydrogen (secondary N) is 2. The first-order valence-electron chi connectivity index (χ1n) is 20.2. The number of piperazine rings is 1. The maximum Gasteiger partial charge on any atom is 0.263 e. The van der Waals surface area contributed by atoms with E-state index >= 15 is 0 Å². The molecule has 0 bridgehead atoms. The quantitative estimate of drug-likeness (QED) is 0.0769. The van der Waals surface area contributed by atoms with Crippen molar-refractivity contribution in [2.24, 2.45) is 0 Å². The zero-order valence-corrected chi connectivity index (χ0v) is 33.4. The Bertz CT molecular complexity index is 2260. The highest BCUT2D eigenvalue weighted by molar-refractivity contribution is 7.99. The van der Waals surface area contributed by atoms with Gasteiger partial charge in [0.25, 0.3) is 11.5 Å². The smallest absolute Gasteiger partial charge is 0.263 e. The van der Waals surface area contributed by atoms with Gasteiger partial charge >= 0.3 is 0 Å². The summed E-state index contributed by atoms with van der Waals surface area (Å²) >= 11 is 1.78. The Labute approximate surface area is 335 Å². The van der Waals surface area contributed by atoms with Crippen LogP contribution >= 0.6 is 11.8 Å². The molecule has 0 radical (unpaired) electrons. The van der Waals surface area contributed by atoms with Crippen molar-refractivity contribution in [2.75, 3.05) is 48.7 Å². The highest BCUT2D eigenvalue weighted by atomic mass is 32.2. The van der Waals surface area contributed by atoms with Crippen LogP contribution in [0.25, 0.3) is 11.0 Å². The fraction of sp³-hybridized carbons (Fsp3) is 0.476. The number of aryl methyl sites for hydroxylation is 1. The number of imide groups is 1. The molecule has 0 spiro atoms. The Balaban J connectivity index is 0.789. The van der Waals surface area contributed by atoms with E-state index in [-0.39, 0.29) is 47.1 Å². The van der Waals surface area contributed by atoms with E-state index in [4.69, 9.17) is 4.98 Å². The lowest BCUT2D eigenvalue weighted by atomic mass is 10.0. The average molecular weight is 792 g/mol. The second-order valence-electron chi connectivity index (χ2n) is 15.5. The molecule has 14 nitrogen and oxygen atoms in total. The Morgan fingerprint density at radius 1 is 0.947 bits per heavy atom. The number of fused-ring (bicyclic) bond motifs is 2. The van der Waals surface area contributed by atoms with E-state index in [1.54, 1.807) is 34.3 Å². The van der Waals surface area contributed by atoms with Crippen molar-refractivity contribution in [1.82, 2.24) is 34.6 Å². The number of carbonyl (C=O) groups is 4. The molecule has 1 saturated carbocycles. The van der Waals surface area contributed by atoms with Gasteiger partial charge in [0, 0.05) is 67.2 Å². The number of Topliss-reactive ketones (excluding diaryl/α,β-unsaturated/α-hetero) is 1. The van der Waals surface area contributed by atoms with Crippen molar-refractivity contribution < 1.29 is 19.2 Å². The summed E-state index contributed by atoms with van der Waals surface area (Å²) in [4.78, 5) is 84.8. The van der Waals surface area contributed by atoms with E-state index in [0.717, 1.165) is 99.6 Å². The zero-order chi connectivity index (χ0) is 39.6. The first-order valence-corrected chi connectivity index (χ1v) is 21.2. The fourth-order valence-corrected chi connectivity index (χ4v) is 9.88. The molecule has 15 heteroatoms. The highest BCUT2D eigenvalue weighted by Crippen LogP contribution is 2.35. The van der Waals surface area contributed by atoms with Gasteiger partial charge in [0.05, 0.1) is 17.4 Å². The summed E-state index contributed by atoms with van der Waals surface area (Å²) < 4.78 is 1.72. The van der Waals surface area contributed by atoms with Crippen LogP contribution in [0, 0.1) is 6.92 Å². The highest BCUT2D eigenvalue weighted by Gasteiger charge is 2.40. The minimum atomic E-state index is -0.597. The molecule has 3 aromatic heterocycles. The summed E-state index contributed by atoms with van der Waals surface area (Å²) in [5.41, 5.74) is 3.84. The molecule has 57 heavy (non-hydrogen) atoms. The number of nitrogens with zero attached hydrogens (tertiary/aromatic N) is 7. The van der Waals surface area contributed by atoms with Crippen molar-refractivity contribution >= 4 is 63.8 Å². The van der Waals surface area contributed by atoms with Crippen LogP contribution in [0.1, 0.15) is 103 Å². The number of hydrogen-bond acceptors (Lipinski definition) is 12. The van der Waals surface area contributed by atoms with Gasteiger partial charge in [-0.15, -0.1) is 11.8 Å². The van der Waals surface area contributed by atoms with E-state index in [1.807, 2.05) is 24.4 Å². The second kappa shape index (κ2) is 16.8. The average Bonchev–Trinajstić information content (AvgIpc) is 3.85. The largest absolute Gasteiger partial charge is 0.368 e. The molecule has 1 aromatic carbocycles. The topological polar surface area (TPSA) is 163 Å². The van der Waals surface area contributed by atoms with Gasteiger partial charge in [0.15, 0.2) is 5.78 Å². The summed E-state index contributed by atoms with van der Waals surface area (Å²) in [5, 5.41) is 6.31. The predicted octanol–water partition coefficient (Wildman–Crippen LogP) is 5.40. The van der Waals surface area contributed by atoms with Crippen LogP contribution in [0.2, 0.25) is 0 Å². The number of thioether (sulfide) groups is 1. The van der Waals surface area contributed by atoms with E-state index in [9.17, 15) is 24.0 Å². The lowest BCUT2D eigenvalue weighted by Gasteiger charge is -2.36. The van der Waals surface area contributed by atoms with E-state index in [1.165, 1.54) is 6.92 Å². The molecule has 2 saturated heterocycles. The summed E-state index contributed by atoms with van der Waals surface area (Å²) in [5.74, 6) is 0.905. The van der Waals surface area contributed by atoms with Gasteiger partial charge in [0.2, 0.25) is 17.8 Å². The van der Waals surface area contributed by atoms with Crippen molar-refractivity contribution in [3.8, 4) is 0 Å². The van der Waals surface area contributed by atoms with E-state index in [0.29, 0.717) is 46.9 Å². The van der Waals surface area contributed by atoms with Gasteiger partial charge in [-0.1, -0.05) is 25.3 Å². The summed E-state index contributed by atoms with van der Waals surface area (Å²) in [7, 11) is 0. The molecule has 1 unspecified atom stereocenters. The van der Waals surface area contributed by atoms with Gasteiger partial charge < -0.3 is 15.1 Å². The maximum atomic E-state index is 13.6. The van der Waals surface area contributed by atoms with Crippen molar-refractivity contribution in [3.63, 3.8) is 0 Å². The summed E-state index contributed by atoms with van der Waals surface area (Å²) in [6.45, 7) is 8.52. The molecule has 3 fully saturated rings. The molecule has 4 aliphatic rings. The number of ketones is 1. The summed E-state index contributed by atoms with van der Waals surface area (Å²) in [6, 6.07) is 9.23. The third-order valence-corrected chi connectivity index (χ3v) is 13.1. The van der Waals surface area contributed by atoms with E-state index in [2.05, 4.69) is 42.5 Å². The van der Waals surface area contributed by atoms with Crippen LogP contribution in [0.4, 0.5) is 17.5 Å². The number of pyridine rings is 2. The summed E-state index contributed by atoms with van der Waals surface area (Å²) in [6.07, 6.45) is 11.4. The number of anilines is 3. The van der Waals surface area contributed by atoms with Crippen LogP contribution in [0.15, 0.2) is 52.4 Å². The lowest BCUT2D eigenvalue weighted by Crippen LogP contribution is -2.52. The van der Waals surface area contributed by atoms with Crippen LogP contribution < -0.4 is 21.1 Å². The van der Waals surface area contributed by atoms with Crippen molar-refractivity contribution in [1.29, 1.82) is 0 Å². The maximum absolute atomic E-state index is 13.6. The molecule has 1 atom stereocenters. The molecule has 4 aromatic rings. The Kier molecular flexibility index (Phi) is 11.4. The molecule has 3 amide bonds. The van der Waals surface area contributed by atoms with Crippen LogP contribution in [0.3, 0.4) is 0 Å². The van der Waals surface area contributed by atoms with Crippen LogP contribution in [-0.4, -0.2) is 97.3 Å². The van der Waals surface area contributed by atoms with Gasteiger partial charge in [-0.3, -0.25) is 38.8 Å². The van der Waals surface area contributed by atoms with Crippen molar-refractivity contribution in [2.45, 2.75) is 95.2 Å². The van der Waals surface area contributed by atoms with Crippen LogP contribution in [-0.2, 0) is 16.1 Å². The monoisotopic (exact) mass is 791 g/mol. The number of piperidine rings is 1. The third kappa shape index (κ3) is 8.04. The Morgan fingerprint density at radius 3 is 2.49 bits per heavy atom. The minimum absolute atomic E-state index is 0.0175. The molecule has 3 aliphatic heterocycles. The fourth-order valence-electron chi connectivity index (χ4n) is 8.79. The Hall–Kier alpha value is -5.15. The SMILES string of the molecule is CC(=O)c1c(C)c2cnc(Nc3ccc(N4CCN(CCCCCSc5cccc6c5CN(C5CCC(=O)NC5=O)C6=O)CC4)cn3)nc2n(C2CCCC2)c1=O. The lowest BCUT2D eigenvalue weighted by molar-refractivity contribution is -0.136. The first kappa shape index (κ1) is 38.7. The molecule has 6 heterocycles. The Morgan fingerprint density at radius 2 is 1.75 bits per heavy atom. The molecule has 1 aliphatic carbocycles. The number of aromatic nitrogens is 4. The molecular formula is C42H49N9O5S. The molecule has 298 valence electrons. The number of benzene rings is 1. The van der Waals surface area contributed by atoms with Crippen molar-refractivity contribution in [3.05, 3.63) is 75.3 Å². The molecular weight excluding hydrogens is 743 g/mol. The number of amides is 3. The van der Waals surface area contributed by atoms with E-state index < -0.39 is 6.04 Å². The second-order valence-corrected chi connectivity index (χ2v) is 16.7. The van der Waals surface area contributed by atoms with Gasteiger partial charge in [-0.25, -0.2) is 9.97 Å². The molecule has 2 N–H and O–H groups in total. The third-order valence-electron chi connectivity index (χ3n) is 11.9. The van der Waals surface area contributed by atoms with Gasteiger partial charge in [-0.05, 0) is 93.6 Å². The zero-order valence-electron chi connectivity index (χ0n) is 32.6. The first-order chi connectivity index (χ1) is 27.7. The number of hydrogen-bond donors (Lipinski definition) is 2. The number of carbonyl (C=O) groups excluding carboxylic acids is 4. The van der Waals surface area contributed by atoms with Gasteiger partial charge in [0.1, 0.15) is 17.5 Å². The minimum Gasteiger partial charge on any atom is -0.368 e. The normalized spacial score (nSPS) is 19.1. The van der Waals surface area contributed by atoms with Crippen LogP contribution in [0.5, 0.6) is 0 Å². The standard InChI is InChI=1S/C42H49N9O5S/c1-26-31-24-44-42(47-38(31)51(28-9-4-5-10-28)41(56)37(26)27(2)52)45-35-15-13-29(23-43-35)49-20-18-48(19-21-49)17-6-3-7-22-57-34-12-8-11-30-32(34)25-50(40(30)55)33-14-16-36(53)46-39(33)54/h8,11-13,15,23-24,28,33H,3-7,9-10,14,16-22,25H2,1-2H3,(H,46,53,54)(H,43,44,45,47).